The lowest BCUT2D eigenvalue weighted by Crippen LogP contribution is -2.22. The zero-order chi connectivity index (χ0) is 54.5. The Labute approximate surface area is 448 Å². The first-order chi connectivity index (χ1) is 35.8. The highest BCUT2D eigenvalue weighted by atomic mass is 16.5. The molecule has 2 heterocycles. The van der Waals surface area contributed by atoms with Crippen LogP contribution in [0.5, 0.6) is 23.0 Å². The van der Waals surface area contributed by atoms with Crippen LogP contribution < -0.4 is 20.1 Å². The Morgan fingerprint density at radius 1 is 0.434 bits per heavy atom. The lowest BCUT2D eigenvalue weighted by atomic mass is 9.79. The van der Waals surface area contributed by atoms with Gasteiger partial charge in [-0.15, -0.1) is 0 Å². The molecule has 0 saturated carbocycles. The first-order valence-corrected chi connectivity index (χ1v) is 26.4. The van der Waals surface area contributed by atoms with Crippen molar-refractivity contribution < 1.29 is 29.3 Å². The average Bonchev–Trinajstić information content (AvgIpc) is 3.35. The number of carbonyl (C=O) groups is 2. The van der Waals surface area contributed by atoms with E-state index in [4.69, 9.17) is 9.47 Å². The van der Waals surface area contributed by atoms with Crippen molar-refractivity contribution >= 4 is 45.0 Å². The SMILES string of the molecule is CC(C)(C)c1cc2c(O)c(c1)Cc1cc(C(C)(C)C)cc(c1OCC(=O)Nc1cccc3cccnc13)Cc1cc(C(C)(C)C)cc(c1O)Cc1cc(C(C)(C)C)cc(c1OCC(=O)Nc1cccc3cccnc13)C2. The molecule has 10 heteroatoms. The summed E-state index contributed by atoms with van der Waals surface area (Å²) in [5, 5.41) is 33.5. The molecule has 76 heavy (non-hydrogen) atoms. The number of aromatic nitrogens is 2. The summed E-state index contributed by atoms with van der Waals surface area (Å²) in [6, 6.07) is 35.9. The maximum atomic E-state index is 14.0. The summed E-state index contributed by atoms with van der Waals surface area (Å²) in [5.74, 6) is 0.611. The number of nitrogens with zero attached hydrogens (tertiary/aromatic N) is 2. The van der Waals surface area contributed by atoms with Gasteiger partial charge in [-0.25, -0.2) is 0 Å². The molecule has 1 aliphatic carbocycles. The third-order valence-electron chi connectivity index (χ3n) is 14.5. The minimum absolute atomic E-state index is 0.141. The summed E-state index contributed by atoms with van der Waals surface area (Å²) in [6.45, 7) is 25.4. The van der Waals surface area contributed by atoms with Gasteiger partial charge in [-0.05, 0) is 113 Å². The number of ether oxygens (including phenoxy) is 2. The van der Waals surface area contributed by atoms with E-state index in [1.165, 1.54) is 0 Å². The molecular formula is C66H72N4O6. The van der Waals surface area contributed by atoms with E-state index in [-0.39, 0.29) is 83.9 Å². The van der Waals surface area contributed by atoms with Crippen LogP contribution in [0.4, 0.5) is 11.4 Å². The van der Waals surface area contributed by atoms with Crippen molar-refractivity contribution in [3.63, 3.8) is 0 Å². The summed E-state index contributed by atoms with van der Waals surface area (Å²) in [4.78, 5) is 37.2. The summed E-state index contributed by atoms with van der Waals surface area (Å²) in [5.41, 5.74) is 11.4. The zero-order valence-electron chi connectivity index (χ0n) is 46.2. The van der Waals surface area contributed by atoms with Gasteiger partial charge < -0.3 is 30.3 Å². The van der Waals surface area contributed by atoms with Gasteiger partial charge in [-0.3, -0.25) is 19.6 Å². The molecule has 0 unspecified atom stereocenters. The zero-order valence-corrected chi connectivity index (χ0v) is 46.2. The molecule has 2 amide bonds. The fraction of sp³-hybridized carbons (Fsp3) is 0.333. The fourth-order valence-corrected chi connectivity index (χ4v) is 10.1. The number of hydrogen-bond donors (Lipinski definition) is 4. The molecule has 0 aliphatic heterocycles. The highest BCUT2D eigenvalue weighted by Gasteiger charge is 2.29. The van der Waals surface area contributed by atoms with E-state index in [1.807, 2.05) is 60.7 Å². The number of anilines is 2. The summed E-state index contributed by atoms with van der Waals surface area (Å²) >= 11 is 0. The quantitative estimate of drug-likeness (QED) is 0.118. The molecular weight excluding hydrogens is 945 g/mol. The van der Waals surface area contributed by atoms with E-state index in [0.29, 0.717) is 56.2 Å². The van der Waals surface area contributed by atoms with Crippen LogP contribution in [0.3, 0.4) is 0 Å². The molecule has 8 bridgehead atoms. The van der Waals surface area contributed by atoms with Gasteiger partial charge in [0.1, 0.15) is 23.0 Å². The van der Waals surface area contributed by atoms with Crippen LogP contribution in [-0.4, -0.2) is 45.2 Å². The lowest BCUT2D eigenvalue weighted by Gasteiger charge is -2.28. The van der Waals surface area contributed by atoms with E-state index in [0.717, 1.165) is 55.3 Å². The van der Waals surface area contributed by atoms with E-state index in [2.05, 4.69) is 152 Å². The van der Waals surface area contributed by atoms with E-state index >= 15 is 0 Å². The van der Waals surface area contributed by atoms with E-state index in [9.17, 15) is 19.8 Å². The van der Waals surface area contributed by atoms with Gasteiger partial charge in [0.05, 0.1) is 22.4 Å². The summed E-state index contributed by atoms with van der Waals surface area (Å²) < 4.78 is 13.6. The molecule has 0 spiro atoms. The number of fused-ring (bicyclic) bond motifs is 10. The predicted molar refractivity (Wildman–Crippen MR) is 307 cm³/mol. The number of nitrogens with one attached hydrogen (secondary N) is 2. The number of amides is 2. The number of rotatable bonds is 8. The van der Waals surface area contributed by atoms with Crippen molar-refractivity contribution in [1.82, 2.24) is 9.97 Å². The Hall–Kier alpha value is -7.72. The predicted octanol–water partition coefficient (Wildman–Crippen LogP) is 14.1. The standard InChI is InChI=1S/C66H72N4O6/c1-63(2,3)49-29-41-25-45-33-51(65(7,8)9)35-47(61(45)75-37-55(71)69-53-21-13-17-39-19-15-23-67-57(39)53)27-43-31-50(64(4,5)6)32-44(60(43)74)28-48-36-52(66(10,11)12)34-46(26-42(30-49)59(41)73)62(48)76-38-56(72)70-54-22-14-18-40-20-16-24-68-58(40)54/h13-24,29-36,73-74H,25-28,37-38H2,1-12H3,(H,69,71)(H,70,72). The van der Waals surface area contributed by atoms with Crippen molar-refractivity contribution in [1.29, 1.82) is 0 Å². The van der Waals surface area contributed by atoms with Crippen LogP contribution in [0.15, 0.2) is 122 Å². The molecule has 1 aliphatic rings. The number of pyridine rings is 2. The topological polar surface area (TPSA) is 143 Å². The number of aromatic hydroxyl groups is 2. The minimum Gasteiger partial charge on any atom is -0.507 e. The smallest absolute Gasteiger partial charge is 0.262 e. The van der Waals surface area contributed by atoms with Crippen molar-refractivity contribution in [3.05, 3.63) is 188 Å². The van der Waals surface area contributed by atoms with E-state index in [1.54, 1.807) is 12.4 Å². The van der Waals surface area contributed by atoms with Crippen molar-refractivity contribution in [3.8, 4) is 23.0 Å². The van der Waals surface area contributed by atoms with Gasteiger partial charge in [0.2, 0.25) is 0 Å². The van der Waals surface area contributed by atoms with Gasteiger partial charge in [-0.1, -0.05) is 168 Å². The van der Waals surface area contributed by atoms with E-state index < -0.39 is 0 Å². The maximum absolute atomic E-state index is 14.0. The number of hydrogen-bond acceptors (Lipinski definition) is 8. The maximum Gasteiger partial charge on any atom is 0.262 e. The Morgan fingerprint density at radius 3 is 1.00 bits per heavy atom. The van der Waals surface area contributed by atoms with Crippen molar-refractivity contribution in [2.24, 2.45) is 0 Å². The number of benzene rings is 6. The highest BCUT2D eigenvalue weighted by molar-refractivity contribution is 6.01. The Bertz CT molecular complexity index is 3210. The average molecular weight is 1020 g/mol. The molecule has 8 aromatic rings. The molecule has 392 valence electrons. The first-order valence-electron chi connectivity index (χ1n) is 26.4. The van der Waals surface area contributed by atoms with Crippen LogP contribution in [0, 0.1) is 0 Å². The molecule has 0 radical (unpaired) electrons. The second kappa shape index (κ2) is 20.4. The monoisotopic (exact) mass is 1020 g/mol. The number of phenols is 2. The highest BCUT2D eigenvalue weighted by Crippen LogP contribution is 2.44. The molecule has 2 aromatic heterocycles. The fourth-order valence-electron chi connectivity index (χ4n) is 10.1. The van der Waals surface area contributed by atoms with Crippen LogP contribution >= 0.6 is 0 Å². The summed E-state index contributed by atoms with van der Waals surface area (Å²) in [6.07, 6.45) is 4.48. The van der Waals surface area contributed by atoms with Crippen LogP contribution in [-0.2, 0) is 56.9 Å². The molecule has 10 nitrogen and oxygen atoms in total. The number of carbonyl (C=O) groups excluding carboxylic acids is 2. The second-order valence-electron chi connectivity index (χ2n) is 24.7. The number of para-hydroxylation sites is 2. The van der Waals surface area contributed by atoms with Crippen LogP contribution in [0.1, 0.15) is 150 Å². The Kier molecular flexibility index (Phi) is 14.3. The lowest BCUT2D eigenvalue weighted by molar-refractivity contribution is -0.118. The molecule has 0 saturated heterocycles. The first kappa shape index (κ1) is 53.1. The normalized spacial score (nSPS) is 13.1. The third-order valence-corrected chi connectivity index (χ3v) is 14.5. The van der Waals surface area contributed by atoms with Crippen LogP contribution in [0.2, 0.25) is 0 Å². The molecule has 0 fully saturated rings. The van der Waals surface area contributed by atoms with Gasteiger partial charge >= 0.3 is 0 Å². The second-order valence-corrected chi connectivity index (χ2v) is 24.7. The number of phenolic OH excluding ortho intramolecular Hbond substituents is 2. The summed E-state index contributed by atoms with van der Waals surface area (Å²) in [7, 11) is 0. The van der Waals surface area contributed by atoms with Gasteiger partial charge in [0.25, 0.3) is 11.8 Å². The van der Waals surface area contributed by atoms with Gasteiger partial charge in [0, 0.05) is 48.8 Å². The third kappa shape index (κ3) is 11.6. The molecule has 4 N–H and O–H groups in total. The van der Waals surface area contributed by atoms with Crippen LogP contribution in [0.25, 0.3) is 21.8 Å². The molecule has 9 rings (SSSR count). The Balaban J connectivity index is 1.23. The Morgan fingerprint density at radius 2 is 0.711 bits per heavy atom. The van der Waals surface area contributed by atoms with Gasteiger partial charge in [0.15, 0.2) is 13.2 Å². The largest absolute Gasteiger partial charge is 0.507 e. The molecule has 0 atom stereocenters. The minimum atomic E-state index is -0.353. The van der Waals surface area contributed by atoms with Crippen molar-refractivity contribution in [2.75, 3.05) is 23.8 Å². The van der Waals surface area contributed by atoms with Gasteiger partial charge in [-0.2, -0.15) is 0 Å². The molecule has 6 aromatic carbocycles. The van der Waals surface area contributed by atoms with Crippen molar-refractivity contribution in [2.45, 2.75) is 130 Å².